The van der Waals surface area contributed by atoms with Crippen molar-refractivity contribution in [3.8, 4) is 11.5 Å². The van der Waals surface area contributed by atoms with E-state index < -0.39 is 0 Å². The van der Waals surface area contributed by atoms with Crippen LogP contribution in [0.1, 0.15) is 28.9 Å². The van der Waals surface area contributed by atoms with Crippen LogP contribution in [-0.4, -0.2) is 20.1 Å². The third-order valence-electron chi connectivity index (χ3n) is 3.31. The highest BCUT2D eigenvalue weighted by Crippen LogP contribution is 2.24. The van der Waals surface area contributed by atoms with Crippen molar-refractivity contribution in [1.82, 2.24) is 5.32 Å². The van der Waals surface area contributed by atoms with E-state index in [9.17, 15) is 4.79 Å². The molecule has 21 heavy (non-hydrogen) atoms. The van der Waals surface area contributed by atoms with E-state index in [1.165, 1.54) is 0 Å². The van der Waals surface area contributed by atoms with Crippen LogP contribution in [0.4, 0.5) is 0 Å². The Morgan fingerprint density at radius 3 is 2.29 bits per heavy atom. The molecule has 0 saturated heterocycles. The monoisotopic (exact) mass is 285 g/mol. The minimum absolute atomic E-state index is 0.129. The number of nitrogens with one attached hydrogen (secondary N) is 1. The number of carbonyl (C=O) groups excluding carboxylic acids is 1. The first-order valence-corrected chi connectivity index (χ1v) is 6.73. The number of hydrogen-bond donors (Lipinski definition) is 1. The number of hydrogen-bond acceptors (Lipinski definition) is 3. The predicted octanol–water partition coefficient (Wildman–Crippen LogP) is 3.19. The van der Waals surface area contributed by atoms with Crippen molar-refractivity contribution in [2.75, 3.05) is 14.2 Å². The number of para-hydroxylation sites is 1. The van der Waals surface area contributed by atoms with Gasteiger partial charge in [-0.25, -0.2) is 0 Å². The van der Waals surface area contributed by atoms with Crippen molar-refractivity contribution < 1.29 is 14.3 Å². The van der Waals surface area contributed by atoms with Gasteiger partial charge in [0.25, 0.3) is 5.91 Å². The lowest BCUT2D eigenvalue weighted by Gasteiger charge is -2.17. The molecule has 0 heterocycles. The highest BCUT2D eigenvalue weighted by Gasteiger charge is 2.14. The van der Waals surface area contributed by atoms with Crippen LogP contribution < -0.4 is 14.8 Å². The Morgan fingerprint density at radius 2 is 1.67 bits per heavy atom. The zero-order valence-corrected chi connectivity index (χ0v) is 12.4. The number of rotatable bonds is 5. The molecule has 0 saturated carbocycles. The van der Waals surface area contributed by atoms with Crippen LogP contribution >= 0.6 is 0 Å². The van der Waals surface area contributed by atoms with Crippen LogP contribution in [0.2, 0.25) is 0 Å². The van der Waals surface area contributed by atoms with Crippen LogP contribution in [-0.2, 0) is 0 Å². The summed E-state index contributed by atoms with van der Waals surface area (Å²) < 4.78 is 10.4. The average molecular weight is 285 g/mol. The summed E-state index contributed by atoms with van der Waals surface area (Å²) in [6.45, 7) is 1.93. The number of benzene rings is 2. The lowest BCUT2D eigenvalue weighted by molar-refractivity contribution is 0.0939. The van der Waals surface area contributed by atoms with Crippen LogP contribution in [0.25, 0.3) is 0 Å². The van der Waals surface area contributed by atoms with Crippen LogP contribution in [0.15, 0.2) is 48.5 Å². The fourth-order valence-corrected chi connectivity index (χ4v) is 2.12. The molecule has 0 spiro atoms. The van der Waals surface area contributed by atoms with Crippen molar-refractivity contribution in [1.29, 1.82) is 0 Å². The maximum atomic E-state index is 12.2. The Morgan fingerprint density at radius 1 is 1.00 bits per heavy atom. The molecule has 0 radical (unpaired) electrons. The van der Waals surface area contributed by atoms with Gasteiger partial charge in [-0.3, -0.25) is 4.79 Å². The number of amides is 1. The molecule has 0 aliphatic heterocycles. The topological polar surface area (TPSA) is 47.6 Å². The molecule has 0 bridgehead atoms. The molecule has 1 atom stereocenters. The molecule has 110 valence electrons. The first-order valence-electron chi connectivity index (χ1n) is 6.73. The molecule has 2 aromatic rings. The summed E-state index contributed by atoms with van der Waals surface area (Å²) in [5, 5.41) is 2.96. The Labute approximate surface area is 124 Å². The third-order valence-corrected chi connectivity index (χ3v) is 3.31. The molecule has 0 aliphatic rings. The van der Waals surface area contributed by atoms with Crippen molar-refractivity contribution in [3.05, 3.63) is 59.7 Å². The molecule has 0 fully saturated rings. The van der Waals surface area contributed by atoms with E-state index in [1.54, 1.807) is 38.5 Å². The van der Waals surface area contributed by atoms with Gasteiger partial charge in [0.1, 0.15) is 11.5 Å². The van der Waals surface area contributed by atoms with Crippen molar-refractivity contribution in [2.45, 2.75) is 13.0 Å². The van der Waals surface area contributed by atoms with Gasteiger partial charge in [0, 0.05) is 11.1 Å². The van der Waals surface area contributed by atoms with Crippen molar-refractivity contribution >= 4 is 5.91 Å². The van der Waals surface area contributed by atoms with Crippen molar-refractivity contribution in [3.63, 3.8) is 0 Å². The van der Waals surface area contributed by atoms with Gasteiger partial charge >= 0.3 is 0 Å². The van der Waals surface area contributed by atoms with Crippen LogP contribution in [0.3, 0.4) is 0 Å². The maximum Gasteiger partial charge on any atom is 0.251 e. The van der Waals surface area contributed by atoms with Gasteiger partial charge < -0.3 is 14.8 Å². The lowest BCUT2D eigenvalue weighted by Crippen LogP contribution is -2.26. The molecule has 4 nitrogen and oxygen atoms in total. The van der Waals surface area contributed by atoms with Gasteiger partial charge in [-0.2, -0.15) is 0 Å². The Bertz CT molecular complexity index is 608. The second-order valence-corrected chi connectivity index (χ2v) is 4.67. The summed E-state index contributed by atoms with van der Waals surface area (Å²) in [5.41, 5.74) is 1.54. The van der Waals surface area contributed by atoms with Gasteiger partial charge in [0.15, 0.2) is 0 Å². The number of methoxy groups -OCH3 is 2. The largest absolute Gasteiger partial charge is 0.497 e. The van der Waals surface area contributed by atoms with E-state index in [0.29, 0.717) is 5.56 Å². The van der Waals surface area contributed by atoms with E-state index in [0.717, 1.165) is 17.1 Å². The summed E-state index contributed by atoms with van der Waals surface area (Å²) >= 11 is 0. The minimum Gasteiger partial charge on any atom is -0.497 e. The molecule has 1 N–H and O–H groups in total. The zero-order valence-electron chi connectivity index (χ0n) is 12.4. The minimum atomic E-state index is -0.143. The quantitative estimate of drug-likeness (QED) is 0.917. The molecule has 0 aromatic heterocycles. The maximum absolute atomic E-state index is 12.2. The third kappa shape index (κ3) is 3.54. The van der Waals surface area contributed by atoms with E-state index >= 15 is 0 Å². The van der Waals surface area contributed by atoms with E-state index in [2.05, 4.69) is 5.32 Å². The highest BCUT2D eigenvalue weighted by molar-refractivity contribution is 5.94. The standard InChI is InChI=1S/C17H19NO3/c1-12(15-6-4-5-7-16(15)21-3)18-17(19)13-8-10-14(20-2)11-9-13/h4-12H,1-3H3,(H,18,19)/t12-/m0/s1. The summed E-state index contributed by atoms with van der Waals surface area (Å²) in [5.74, 6) is 1.36. The molecule has 2 aromatic carbocycles. The fraction of sp³-hybridized carbons (Fsp3) is 0.235. The zero-order chi connectivity index (χ0) is 15.2. The molecule has 0 unspecified atom stereocenters. The molecular weight excluding hydrogens is 266 g/mol. The van der Waals surface area contributed by atoms with Gasteiger partial charge in [-0.15, -0.1) is 0 Å². The van der Waals surface area contributed by atoms with Gasteiger partial charge in [0.2, 0.25) is 0 Å². The average Bonchev–Trinajstić information content (AvgIpc) is 2.54. The number of carbonyl (C=O) groups is 1. The first kappa shape index (κ1) is 14.9. The Balaban J connectivity index is 2.11. The van der Waals surface area contributed by atoms with Gasteiger partial charge in [-0.05, 0) is 37.3 Å². The summed E-state index contributed by atoms with van der Waals surface area (Å²) in [4.78, 5) is 12.2. The SMILES string of the molecule is COc1ccc(C(=O)N[C@@H](C)c2ccccc2OC)cc1. The normalized spacial score (nSPS) is 11.6. The summed E-state index contributed by atoms with van der Waals surface area (Å²) in [6.07, 6.45) is 0. The molecule has 0 aliphatic carbocycles. The first-order chi connectivity index (χ1) is 10.2. The fourth-order valence-electron chi connectivity index (χ4n) is 2.12. The van der Waals surface area contributed by atoms with Gasteiger partial charge in [-0.1, -0.05) is 18.2 Å². The highest BCUT2D eigenvalue weighted by atomic mass is 16.5. The van der Waals surface area contributed by atoms with E-state index in [-0.39, 0.29) is 11.9 Å². The molecule has 4 heteroatoms. The van der Waals surface area contributed by atoms with Crippen LogP contribution in [0, 0.1) is 0 Å². The van der Waals surface area contributed by atoms with Gasteiger partial charge in [0.05, 0.1) is 20.3 Å². The lowest BCUT2D eigenvalue weighted by atomic mass is 10.1. The van der Waals surface area contributed by atoms with Crippen LogP contribution in [0.5, 0.6) is 11.5 Å². The number of ether oxygens (including phenoxy) is 2. The molecule has 1 amide bonds. The Kier molecular flexibility index (Phi) is 4.82. The van der Waals surface area contributed by atoms with E-state index in [4.69, 9.17) is 9.47 Å². The predicted molar refractivity (Wildman–Crippen MR) is 81.9 cm³/mol. The second-order valence-electron chi connectivity index (χ2n) is 4.67. The van der Waals surface area contributed by atoms with E-state index in [1.807, 2.05) is 31.2 Å². The second kappa shape index (κ2) is 6.79. The Hall–Kier alpha value is -2.49. The molecular formula is C17H19NO3. The summed E-state index contributed by atoms with van der Waals surface area (Å²) in [6, 6.07) is 14.5. The smallest absolute Gasteiger partial charge is 0.251 e. The van der Waals surface area contributed by atoms with Crippen molar-refractivity contribution in [2.24, 2.45) is 0 Å². The summed E-state index contributed by atoms with van der Waals surface area (Å²) in [7, 11) is 3.22. The molecule has 2 rings (SSSR count).